The SMILES string of the molecule is CCOC(=O)[C@H](CCc1ccccc1)N[C@@H](C)C(=O)N1CCC[C@H]1C(=O)O.COCCCOc1cc(C[C@@H](C[C@H](N)[C@@H](O)C[C@@H](C(=O)NCC(C)(C)C(N)=O)C(C)C)C(C)C)ccc1OC. The highest BCUT2D eigenvalue weighted by Gasteiger charge is 2.37. The number of nitrogens with zero attached hydrogens (tertiary/aromatic N) is 1. The van der Waals surface area contributed by atoms with Crippen molar-refractivity contribution in [1.29, 1.82) is 0 Å². The summed E-state index contributed by atoms with van der Waals surface area (Å²) >= 11 is 0. The molecule has 0 saturated carbocycles. The first-order valence-electron chi connectivity index (χ1n) is 23.5. The summed E-state index contributed by atoms with van der Waals surface area (Å²) in [5.41, 5.74) is 13.3. The molecule has 0 spiro atoms. The molecule has 0 bridgehead atoms. The van der Waals surface area contributed by atoms with Crippen LogP contribution in [0, 0.1) is 29.1 Å². The molecule has 1 aliphatic rings. The number of carbonyl (C=O) groups excluding carboxylic acids is 4. The number of benzene rings is 2. The predicted octanol–water partition coefficient (Wildman–Crippen LogP) is 4.90. The molecule has 3 amide bonds. The van der Waals surface area contributed by atoms with Gasteiger partial charge in [-0.05, 0) is 114 Å². The summed E-state index contributed by atoms with van der Waals surface area (Å²) in [4.78, 5) is 62.3. The topological polar surface area (TPSA) is 242 Å². The van der Waals surface area contributed by atoms with Gasteiger partial charge in [-0.2, -0.15) is 0 Å². The van der Waals surface area contributed by atoms with Crippen LogP contribution in [-0.4, -0.2) is 122 Å². The lowest BCUT2D eigenvalue weighted by Crippen LogP contribution is -2.53. The number of rotatable bonds is 28. The van der Waals surface area contributed by atoms with Crippen molar-refractivity contribution in [2.45, 2.75) is 137 Å². The minimum atomic E-state index is -0.987. The molecule has 7 atom stereocenters. The van der Waals surface area contributed by atoms with Gasteiger partial charge in [-0.15, -0.1) is 0 Å². The van der Waals surface area contributed by atoms with Crippen molar-refractivity contribution < 1.29 is 53.1 Å². The molecular weight excluding hydrogens is 847 g/mol. The Bertz CT molecular complexity index is 1790. The van der Waals surface area contributed by atoms with E-state index in [9.17, 15) is 34.2 Å². The van der Waals surface area contributed by atoms with Crippen molar-refractivity contribution in [2.75, 3.05) is 47.1 Å². The average Bonchev–Trinajstić information content (AvgIpc) is 3.78. The molecule has 0 unspecified atom stereocenters. The molecule has 0 radical (unpaired) electrons. The highest BCUT2D eigenvalue weighted by atomic mass is 16.5. The van der Waals surface area contributed by atoms with E-state index in [0.29, 0.717) is 69.3 Å². The van der Waals surface area contributed by atoms with Crippen LogP contribution in [0.15, 0.2) is 48.5 Å². The first kappa shape index (κ1) is 57.4. The Kier molecular flexibility index (Phi) is 25.3. The van der Waals surface area contributed by atoms with Crippen LogP contribution < -0.4 is 31.6 Å². The van der Waals surface area contributed by atoms with E-state index in [1.54, 1.807) is 41.9 Å². The minimum absolute atomic E-state index is 0.00829. The molecule has 0 aliphatic carbocycles. The molecule has 1 fully saturated rings. The number of methoxy groups -OCH3 is 2. The van der Waals surface area contributed by atoms with Gasteiger partial charge in [0.15, 0.2) is 11.5 Å². The van der Waals surface area contributed by atoms with Crippen molar-refractivity contribution in [1.82, 2.24) is 15.5 Å². The number of hydrogen-bond acceptors (Lipinski definition) is 12. The highest BCUT2D eigenvalue weighted by Crippen LogP contribution is 2.32. The maximum atomic E-state index is 12.9. The fraction of sp³-hybridized carbons (Fsp3) is 0.660. The zero-order chi connectivity index (χ0) is 49.6. The second kappa shape index (κ2) is 29.1. The number of esters is 1. The monoisotopic (exact) mass is 928 g/mol. The fourth-order valence-corrected chi connectivity index (χ4v) is 7.77. The first-order valence-corrected chi connectivity index (χ1v) is 23.5. The minimum Gasteiger partial charge on any atom is -0.493 e. The lowest BCUT2D eigenvalue weighted by atomic mass is 9.80. The molecule has 1 aliphatic heterocycles. The van der Waals surface area contributed by atoms with Crippen molar-refractivity contribution in [2.24, 2.45) is 40.6 Å². The van der Waals surface area contributed by atoms with Crippen molar-refractivity contribution >= 4 is 29.7 Å². The van der Waals surface area contributed by atoms with Gasteiger partial charge in [-0.1, -0.05) is 64.1 Å². The van der Waals surface area contributed by atoms with E-state index in [1.807, 2.05) is 62.4 Å². The number of nitrogens with one attached hydrogen (secondary N) is 2. The Hall–Kier alpha value is -4.77. The quantitative estimate of drug-likeness (QED) is 0.0492. The molecule has 3 rings (SSSR count). The zero-order valence-corrected chi connectivity index (χ0v) is 41.2. The number of carboxylic acids is 1. The predicted molar refractivity (Wildman–Crippen MR) is 255 cm³/mol. The van der Waals surface area contributed by atoms with Gasteiger partial charge in [-0.3, -0.25) is 24.5 Å². The second-order valence-electron chi connectivity index (χ2n) is 18.7. The van der Waals surface area contributed by atoms with Crippen LogP contribution in [0.5, 0.6) is 11.5 Å². The molecule has 16 heteroatoms. The Morgan fingerprint density at radius 3 is 2.18 bits per heavy atom. The number of amides is 3. The summed E-state index contributed by atoms with van der Waals surface area (Å²) in [6, 6.07) is 13.2. The summed E-state index contributed by atoms with van der Waals surface area (Å²) in [6.45, 7) is 17.0. The van der Waals surface area contributed by atoms with Crippen LogP contribution >= 0.6 is 0 Å². The molecule has 8 N–H and O–H groups in total. The van der Waals surface area contributed by atoms with Gasteiger partial charge in [0, 0.05) is 45.2 Å². The average molecular weight is 928 g/mol. The number of likely N-dealkylation sites (tertiary alicyclic amines) is 1. The number of aliphatic hydroxyl groups excluding tert-OH is 1. The Morgan fingerprint density at radius 2 is 1.61 bits per heavy atom. The number of nitrogens with two attached hydrogens (primary N) is 2. The third-order valence-corrected chi connectivity index (χ3v) is 12.3. The summed E-state index contributed by atoms with van der Waals surface area (Å²) in [5, 5.41) is 26.2. The summed E-state index contributed by atoms with van der Waals surface area (Å²) < 4.78 is 21.6. The summed E-state index contributed by atoms with van der Waals surface area (Å²) in [7, 11) is 3.29. The molecule has 2 aromatic carbocycles. The molecular formula is C50H81N5O11. The fourth-order valence-electron chi connectivity index (χ4n) is 7.77. The number of carbonyl (C=O) groups is 5. The Balaban J connectivity index is 0.000000483. The summed E-state index contributed by atoms with van der Waals surface area (Å²) in [5.74, 6) is -0.891. The molecule has 0 aromatic heterocycles. The molecule has 1 heterocycles. The largest absolute Gasteiger partial charge is 0.493 e. The number of carboxylic acid groups (broad SMARTS) is 1. The van der Waals surface area contributed by atoms with E-state index in [-0.39, 0.29) is 43.2 Å². The first-order chi connectivity index (χ1) is 31.2. The second-order valence-corrected chi connectivity index (χ2v) is 18.7. The van der Waals surface area contributed by atoms with Gasteiger partial charge in [0.05, 0.1) is 37.9 Å². The normalized spacial score (nSPS) is 16.6. The molecule has 2 aromatic rings. The van der Waals surface area contributed by atoms with Gasteiger partial charge >= 0.3 is 11.9 Å². The van der Waals surface area contributed by atoms with Gasteiger partial charge in [0.25, 0.3) is 0 Å². The third kappa shape index (κ3) is 19.2. The Labute approximate surface area is 393 Å². The van der Waals surface area contributed by atoms with E-state index >= 15 is 0 Å². The Morgan fingerprint density at radius 1 is 0.924 bits per heavy atom. The standard InChI is InChI=1S/C30H53N3O6.C20H28N2O5/c1-19(2)22(14-21-10-11-26(38-8)27(15-21)39-13-9-12-37-7)16-24(31)25(34)17-23(20(3)4)28(35)33-18-30(5,6)29(32)36;1-3-27-20(26)16(12-11-15-8-5-4-6-9-15)21-14(2)18(23)22-13-7-10-17(22)19(24)25/h10-11,15,19-20,22-25,34H,9,12-14,16-18,31H2,1-8H3,(H2,32,36)(H,33,35);4-6,8-9,14,16-17,21H,3,7,10-13H2,1-2H3,(H,24,25)/t22-,23+,24-,25-;14-,16-,17-/m00/s1. The van der Waals surface area contributed by atoms with Crippen molar-refractivity contribution in [3.05, 3.63) is 59.7 Å². The number of ether oxygens (including phenoxy) is 4. The van der Waals surface area contributed by atoms with Crippen LogP contribution in [-0.2, 0) is 46.3 Å². The number of aryl methyl sites for hydroxylation is 1. The third-order valence-electron chi connectivity index (χ3n) is 12.3. The molecule has 372 valence electrons. The van der Waals surface area contributed by atoms with Crippen LogP contribution in [0.1, 0.15) is 105 Å². The van der Waals surface area contributed by atoms with Crippen molar-refractivity contribution in [3.8, 4) is 11.5 Å². The summed E-state index contributed by atoms with van der Waals surface area (Å²) in [6.07, 6.45) is 3.85. The number of primary amides is 1. The smallest absolute Gasteiger partial charge is 0.326 e. The van der Waals surface area contributed by atoms with Gasteiger partial charge in [0.2, 0.25) is 17.7 Å². The van der Waals surface area contributed by atoms with Crippen LogP contribution in [0.25, 0.3) is 0 Å². The number of hydrogen-bond donors (Lipinski definition) is 6. The van der Waals surface area contributed by atoms with Gasteiger partial charge in [0.1, 0.15) is 12.1 Å². The molecule has 16 nitrogen and oxygen atoms in total. The van der Waals surface area contributed by atoms with E-state index < -0.39 is 59.5 Å². The van der Waals surface area contributed by atoms with E-state index in [4.69, 9.17) is 30.4 Å². The molecule has 1 saturated heterocycles. The van der Waals surface area contributed by atoms with Crippen LogP contribution in [0.4, 0.5) is 0 Å². The van der Waals surface area contributed by atoms with Crippen molar-refractivity contribution in [3.63, 3.8) is 0 Å². The van der Waals surface area contributed by atoms with Crippen LogP contribution in [0.2, 0.25) is 0 Å². The zero-order valence-electron chi connectivity index (χ0n) is 41.2. The van der Waals surface area contributed by atoms with E-state index in [1.165, 1.54) is 4.90 Å². The van der Waals surface area contributed by atoms with E-state index in [0.717, 1.165) is 24.0 Å². The maximum absolute atomic E-state index is 12.9. The number of aliphatic carboxylic acids is 1. The highest BCUT2D eigenvalue weighted by molar-refractivity contribution is 5.88. The van der Waals surface area contributed by atoms with Gasteiger partial charge < -0.3 is 50.8 Å². The van der Waals surface area contributed by atoms with Crippen LogP contribution in [0.3, 0.4) is 0 Å². The lowest BCUT2D eigenvalue weighted by molar-refractivity contribution is -0.150. The lowest BCUT2D eigenvalue weighted by Gasteiger charge is -2.30. The van der Waals surface area contributed by atoms with E-state index in [2.05, 4.69) is 24.5 Å². The molecule has 66 heavy (non-hydrogen) atoms. The van der Waals surface area contributed by atoms with Gasteiger partial charge in [-0.25, -0.2) is 4.79 Å². The number of aliphatic hydroxyl groups is 1. The maximum Gasteiger partial charge on any atom is 0.326 e.